The van der Waals surface area contributed by atoms with Crippen molar-refractivity contribution in [1.82, 2.24) is 9.97 Å². The smallest absolute Gasteiger partial charge is 0.340 e. The van der Waals surface area contributed by atoms with Crippen molar-refractivity contribution in [2.75, 3.05) is 25.6 Å². The molecule has 0 unspecified atom stereocenters. The number of amides is 1. The van der Waals surface area contributed by atoms with E-state index in [4.69, 9.17) is 9.47 Å². The van der Waals surface area contributed by atoms with Crippen LogP contribution in [0.2, 0.25) is 0 Å². The van der Waals surface area contributed by atoms with E-state index in [1.54, 1.807) is 20.0 Å². The lowest BCUT2D eigenvalue weighted by atomic mass is 10.1. The van der Waals surface area contributed by atoms with Gasteiger partial charge in [-0.3, -0.25) is 10.1 Å². The van der Waals surface area contributed by atoms with Crippen LogP contribution in [0, 0.1) is 25.5 Å². The lowest BCUT2D eigenvalue weighted by Gasteiger charge is -2.05. The molecule has 2 N–H and O–H groups in total. The number of hydrogen-bond donors (Lipinski definition) is 2. The number of carbonyl (C=O) groups excluding carboxylic acids is 2. The second kappa shape index (κ2) is 9.80. The van der Waals surface area contributed by atoms with Gasteiger partial charge in [-0.05, 0) is 37.1 Å². The molecule has 1 aromatic carbocycles. The Morgan fingerprint density at radius 1 is 1.19 bits per heavy atom. The molecule has 0 fully saturated rings. The molecule has 0 aliphatic rings. The number of halogens is 2. The standard InChI is InChI=1S/C21H21F2N3O4S/c1-11-17(20(28)30-7-6-29-3)12(2)25-18(11)19(27)26-21-24-10-14(31-21)8-13-4-5-15(22)16(23)9-13/h4-5,9-10,25H,6-8H2,1-3H3,(H,24,26,27). The molecule has 0 atom stereocenters. The normalized spacial score (nSPS) is 10.9. The lowest BCUT2D eigenvalue weighted by molar-refractivity contribution is 0.0386. The number of carbonyl (C=O) groups is 2. The maximum Gasteiger partial charge on any atom is 0.340 e. The van der Waals surface area contributed by atoms with Crippen molar-refractivity contribution < 1.29 is 27.8 Å². The van der Waals surface area contributed by atoms with Crippen molar-refractivity contribution in [3.63, 3.8) is 0 Å². The summed E-state index contributed by atoms with van der Waals surface area (Å²) in [6.07, 6.45) is 1.91. The van der Waals surface area contributed by atoms with Gasteiger partial charge in [0.15, 0.2) is 16.8 Å². The Morgan fingerprint density at radius 3 is 2.68 bits per heavy atom. The topological polar surface area (TPSA) is 93.3 Å². The van der Waals surface area contributed by atoms with Crippen LogP contribution in [0.1, 0.15) is 42.5 Å². The van der Waals surface area contributed by atoms with Gasteiger partial charge in [0.1, 0.15) is 12.3 Å². The third kappa shape index (κ3) is 5.33. The van der Waals surface area contributed by atoms with Gasteiger partial charge in [0.2, 0.25) is 0 Å². The molecular weight excluding hydrogens is 428 g/mol. The van der Waals surface area contributed by atoms with Gasteiger partial charge in [-0.15, -0.1) is 11.3 Å². The number of aryl methyl sites for hydroxylation is 1. The molecule has 0 bridgehead atoms. The summed E-state index contributed by atoms with van der Waals surface area (Å²) >= 11 is 1.22. The molecule has 31 heavy (non-hydrogen) atoms. The second-order valence-electron chi connectivity index (χ2n) is 6.76. The second-order valence-corrected chi connectivity index (χ2v) is 7.88. The summed E-state index contributed by atoms with van der Waals surface area (Å²) in [6, 6.07) is 3.70. The number of methoxy groups -OCH3 is 1. The Bertz CT molecular complexity index is 1110. The molecule has 0 saturated carbocycles. The molecule has 10 heteroatoms. The summed E-state index contributed by atoms with van der Waals surface area (Å²) in [5, 5.41) is 3.03. The Labute approximate surface area is 181 Å². The molecule has 0 aliphatic heterocycles. The number of thiazole rings is 1. The van der Waals surface area contributed by atoms with Gasteiger partial charge in [0.25, 0.3) is 5.91 Å². The molecular formula is C21H21F2N3O4S. The van der Waals surface area contributed by atoms with E-state index in [-0.39, 0.29) is 18.9 Å². The molecule has 0 spiro atoms. The van der Waals surface area contributed by atoms with E-state index in [0.717, 1.165) is 17.0 Å². The zero-order valence-electron chi connectivity index (χ0n) is 17.2. The number of ether oxygens (including phenoxy) is 2. The van der Waals surface area contributed by atoms with Crippen molar-refractivity contribution in [2.24, 2.45) is 0 Å². The maximum atomic E-state index is 13.4. The van der Waals surface area contributed by atoms with Crippen LogP contribution in [-0.4, -0.2) is 42.2 Å². The summed E-state index contributed by atoms with van der Waals surface area (Å²) in [6.45, 7) is 3.72. The number of aromatic amines is 1. The maximum absolute atomic E-state index is 13.4. The van der Waals surface area contributed by atoms with E-state index in [1.165, 1.54) is 24.5 Å². The number of nitrogens with zero attached hydrogens (tertiary/aromatic N) is 1. The van der Waals surface area contributed by atoms with Gasteiger partial charge in [-0.25, -0.2) is 18.6 Å². The summed E-state index contributed by atoms with van der Waals surface area (Å²) in [7, 11) is 1.51. The fraction of sp³-hybridized carbons (Fsp3) is 0.286. The quantitative estimate of drug-likeness (QED) is 0.400. The largest absolute Gasteiger partial charge is 0.460 e. The molecule has 0 saturated heterocycles. The fourth-order valence-corrected chi connectivity index (χ4v) is 3.87. The highest BCUT2D eigenvalue weighted by molar-refractivity contribution is 7.15. The van der Waals surface area contributed by atoms with Crippen LogP contribution in [0.15, 0.2) is 24.4 Å². The first-order valence-corrected chi connectivity index (χ1v) is 10.2. The predicted molar refractivity (Wildman–Crippen MR) is 112 cm³/mol. The van der Waals surface area contributed by atoms with Gasteiger partial charge in [-0.1, -0.05) is 6.07 Å². The molecule has 2 aromatic heterocycles. The summed E-state index contributed by atoms with van der Waals surface area (Å²) in [4.78, 5) is 32.8. The number of aromatic nitrogens is 2. The van der Waals surface area contributed by atoms with Crippen LogP contribution >= 0.6 is 11.3 Å². The number of nitrogens with one attached hydrogen (secondary N) is 2. The van der Waals surface area contributed by atoms with Crippen molar-refractivity contribution in [3.8, 4) is 0 Å². The molecule has 7 nitrogen and oxygen atoms in total. The number of esters is 1. The summed E-state index contributed by atoms with van der Waals surface area (Å²) in [5.74, 6) is -2.81. The first-order chi connectivity index (χ1) is 14.8. The minimum atomic E-state index is -0.912. The average molecular weight is 449 g/mol. The molecule has 0 aliphatic carbocycles. The SMILES string of the molecule is COCCOC(=O)c1c(C)[nH]c(C(=O)Nc2ncc(Cc3ccc(F)c(F)c3)s2)c1C. The molecule has 164 valence electrons. The van der Waals surface area contributed by atoms with Crippen molar-refractivity contribution >= 4 is 28.3 Å². The Morgan fingerprint density at radius 2 is 1.97 bits per heavy atom. The van der Waals surface area contributed by atoms with Crippen molar-refractivity contribution in [2.45, 2.75) is 20.3 Å². The predicted octanol–water partition coefficient (Wildman–Crippen LogP) is 4.01. The third-order valence-electron chi connectivity index (χ3n) is 4.53. The van der Waals surface area contributed by atoms with Crippen molar-refractivity contribution in [3.05, 3.63) is 69.0 Å². The average Bonchev–Trinajstić information content (AvgIpc) is 3.28. The van der Waals surface area contributed by atoms with Crippen LogP contribution in [-0.2, 0) is 15.9 Å². The first kappa shape index (κ1) is 22.6. The van der Waals surface area contributed by atoms with Crippen LogP contribution < -0.4 is 5.32 Å². The Kier molecular flexibility index (Phi) is 7.13. The van der Waals surface area contributed by atoms with Gasteiger partial charge >= 0.3 is 5.97 Å². The van der Waals surface area contributed by atoms with Crippen LogP contribution in [0.5, 0.6) is 0 Å². The zero-order chi connectivity index (χ0) is 22.5. The number of hydrogen-bond acceptors (Lipinski definition) is 6. The number of H-pyrrole nitrogens is 1. The monoisotopic (exact) mass is 449 g/mol. The minimum absolute atomic E-state index is 0.112. The van der Waals surface area contributed by atoms with E-state index in [2.05, 4.69) is 15.3 Å². The molecule has 1 amide bonds. The Balaban J connectivity index is 1.69. The van der Waals surface area contributed by atoms with Gasteiger partial charge in [0.05, 0.1) is 12.2 Å². The van der Waals surface area contributed by atoms with Crippen LogP contribution in [0.4, 0.5) is 13.9 Å². The van der Waals surface area contributed by atoms with E-state index in [0.29, 0.717) is 33.9 Å². The minimum Gasteiger partial charge on any atom is -0.460 e. The number of benzene rings is 1. The summed E-state index contributed by atoms with van der Waals surface area (Å²) < 4.78 is 36.4. The van der Waals surface area contributed by atoms with E-state index >= 15 is 0 Å². The van der Waals surface area contributed by atoms with Gasteiger partial charge in [-0.2, -0.15) is 0 Å². The summed E-state index contributed by atoms with van der Waals surface area (Å²) in [5.41, 5.74) is 2.11. The van der Waals surface area contributed by atoms with Gasteiger partial charge in [0, 0.05) is 30.3 Å². The lowest BCUT2D eigenvalue weighted by Crippen LogP contribution is -2.14. The highest BCUT2D eigenvalue weighted by Crippen LogP contribution is 2.24. The highest BCUT2D eigenvalue weighted by Gasteiger charge is 2.23. The zero-order valence-corrected chi connectivity index (χ0v) is 18.0. The van der Waals surface area contributed by atoms with E-state index in [1.807, 2.05) is 0 Å². The number of anilines is 1. The molecule has 0 radical (unpaired) electrons. The van der Waals surface area contributed by atoms with Crippen LogP contribution in [0.3, 0.4) is 0 Å². The fourth-order valence-electron chi connectivity index (χ4n) is 3.03. The third-order valence-corrected chi connectivity index (χ3v) is 5.44. The highest BCUT2D eigenvalue weighted by atomic mass is 32.1. The molecule has 3 rings (SSSR count). The van der Waals surface area contributed by atoms with Crippen molar-refractivity contribution in [1.29, 1.82) is 0 Å². The Hall–Kier alpha value is -3.11. The van der Waals surface area contributed by atoms with E-state index in [9.17, 15) is 18.4 Å². The molecule has 3 aromatic rings. The number of rotatable bonds is 8. The van der Waals surface area contributed by atoms with E-state index < -0.39 is 23.5 Å². The van der Waals surface area contributed by atoms with Gasteiger partial charge < -0.3 is 14.5 Å². The molecule has 2 heterocycles. The van der Waals surface area contributed by atoms with Crippen LogP contribution in [0.25, 0.3) is 0 Å². The first-order valence-electron chi connectivity index (χ1n) is 9.35.